The molecule has 5 heterocycles. The zero-order chi connectivity index (χ0) is 50.1. The van der Waals surface area contributed by atoms with Crippen LogP contribution in [0.25, 0.3) is 32.9 Å². The van der Waals surface area contributed by atoms with E-state index >= 15 is 22.0 Å². The molecule has 3 aliphatic heterocycles. The first-order chi connectivity index (χ1) is 34.0. The Bertz CT molecular complexity index is 3050. The van der Waals surface area contributed by atoms with Crippen LogP contribution in [-0.4, -0.2) is 83.8 Å². The lowest BCUT2D eigenvalue weighted by Crippen LogP contribution is -2.43. The molecule has 5 atom stereocenters. The van der Waals surface area contributed by atoms with Crippen LogP contribution in [0.1, 0.15) is 99.5 Å². The molecule has 6 aromatic rings. The van der Waals surface area contributed by atoms with Gasteiger partial charge in [-0.1, -0.05) is 115 Å². The standard InChI is InChI=1S/C56H59F5N6OSi/c1-33(2)69(34(3)4,35(5)6)25-21-41-46-38(27-45(58)47(41)59)26-40(63-50(36-16-9-7-10-17-36)37-18-11-8-12-19-37)28-43(46)51-49(61)52-44(30-62-51)54(67-24-14-13-20-42-48(60)53(42)67)65-55(64-52)68-32-56-22-15-23-66(56)31-39(57)29-56/h7-12,16-19,26-28,30,33-35,39,42,48,53H,13-15,20,22-24,29,31-32H2,1-6H3/t39-,42-,48+,53-,56+/m1/s1/i32D2. The van der Waals surface area contributed by atoms with Crippen LogP contribution in [0, 0.1) is 34.8 Å². The lowest BCUT2D eigenvalue weighted by molar-refractivity contribution is 0.107. The normalized spacial score (nSPS) is 23.1. The number of pyridine rings is 1. The summed E-state index contributed by atoms with van der Waals surface area (Å²) >= 11 is 0. The summed E-state index contributed by atoms with van der Waals surface area (Å²) in [4.78, 5) is 22.8. The molecule has 0 N–H and O–H groups in total. The number of hydrogen-bond donors (Lipinski definition) is 0. The topological polar surface area (TPSA) is 66.7 Å². The van der Waals surface area contributed by atoms with Crippen LogP contribution in [0.2, 0.25) is 16.6 Å². The number of anilines is 1. The molecule has 10 rings (SSSR count). The Morgan fingerprint density at radius 1 is 0.884 bits per heavy atom. The number of benzene rings is 4. The summed E-state index contributed by atoms with van der Waals surface area (Å²) in [5, 5.41) is 0.468. The Morgan fingerprint density at radius 3 is 2.26 bits per heavy atom. The zero-order valence-corrected chi connectivity index (χ0v) is 41.0. The summed E-state index contributed by atoms with van der Waals surface area (Å²) < 4.78 is 107. The fourth-order valence-electron chi connectivity index (χ4n) is 12.0. The average Bonchev–Trinajstić information content (AvgIpc) is 3.70. The molecule has 358 valence electrons. The molecule has 7 nitrogen and oxygen atoms in total. The van der Waals surface area contributed by atoms with Gasteiger partial charge < -0.3 is 9.64 Å². The van der Waals surface area contributed by atoms with Crippen molar-refractivity contribution in [2.75, 3.05) is 31.1 Å². The summed E-state index contributed by atoms with van der Waals surface area (Å²) in [5.41, 5.74) is 4.41. The van der Waals surface area contributed by atoms with Crippen molar-refractivity contribution < 1.29 is 29.4 Å². The van der Waals surface area contributed by atoms with Gasteiger partial charge in [0.25, 0.3) is 0 Å². The number of aliphatic imine (C=N–C) groups is 1. The molecule has 4 fully saturated rings. The second kappa shape index (κ2) is 18.6. The van der Waals surface area contributed by atoms with Crippen LogP contribution < -0.4 is 9.64 Å². The van der Waals surface area contributed by atoms with Crippen molar-refractivity contribution >= 4 is 47.0 Å². The van der Waals surface area contributed by atoms with Crippen LogP contribution in [-0.2, 0) is 0 Å². The van der Waals surface area contributed by atoms with Crippen LogP contribution in [0.3, 0.4) is 0 Å². The third-order valence-electron chi connectivity index (χ3n) is 15.4. The molecular formula is C56H59F5N6OSi. The minimum atomic E-state index is -2.55. The van der Waals surface area contributed by atoms with Crippen molar-refractivity contribution in [2.24, 2.45) is 10.9 Å². The molecule has 69 heavy (non-hydrogen) atoms. The number of hydrogen-bond acceptors (Lipinski definition) is 7. The Labute approximate surface area is 405 Å². The Morgan fingerprint density at radius 2 is 1.58 bits per heavy atom. The summed E-state index contributed by atoms with van der Waals surface area (Å²) in [5.74, 6) is -0.237. The van der Waals surface area contributed by atoms with Crippen LogP contribution >= 0.6 is 0 Å². The molecule has 13 heteroatoms. The van der Waals surface area contributed by atoms with Gasteiger partial charge in [-0.2, -0.15) is 9.97 Å². The van der Waals surface area contributed by atoms with Crippen LogP contribution in [0.15, 0.2) is 90.1 Å². The van der Waals surface area contributed by atoms with Crippen molar-refractivity contribution in [3.05, 3.63) is 119 Å². The maximum Gasteiger partial charge on any atom is 0.319 e. The Hall–Kier alpha value is -5.71. The highest BCUT2D eigenvalue weighted by molar-refractivity contribution is 6.90. The molecule has 0 radical (unpaired) electrons. The smallest absolute Gasteiger partial charge is 0.319 e. The first-order valence-corrected chi connectivity index (χ1v) is 26.7. The molecule has 1 aliphatic carbocycles. The fraction of sp³-hybridized carbons (Fsp3) is 0.429. The van der Waals surface area contributed by atoms with E-state index in [1.807, 2.05) is 60.7 Å². The van der Waals surface area contributed by atoms with Crippen molar-refractivity contribution in [1.29, 1.82) is 0 Å². The quantitative estimate of drug-likeness (QED) is 0.0558. The Kier molecular flexibility index (Phi) is 12.0. The second-order valence-electron chi connectivity index (χ2n) is 20.4. The minimum absolute atomic E-state index is 0.0623. The van der Waals surface area contributed by atoms with Gasteiger partial charge in [-0.05, 0) is 72.4 Å². The van der Waals surface area contributed by atoms with Crippen molar-refractivity contribution in [2.45, 2.75) is 121 Å². The fourth-order valence-corrected chi connectivity index (χ4v) is 17.2. The average molecular weight is 957 g/mol. The van der Waals surface area contributed by atoms with Gasteiger partial charge >= 0.3 is 6.01 Å². The molecule has 1 saturated carbocycles. The van der Waals surface area contributed by atoms with E-state index < -0.39 is 62.0 Å². The van der Waals surface area contributed by atoms with Gasteiger partial charge in [0.05, 0.1) is 36.7 Å². The predicted molar refractivity (Wildman–Crippen MR) is 268 cm³/mol. The highest BCUT2D eigenvalue weighted by Gasteiger charge is 2.56. The number of ether oxygens (including phenoxy) is 1. The first kappa shape index (κ1) is 44.5. The van der Waals surface area contributed by atoms with Gasteiger partial charge in [0.1, 0.15) is 44.0 Å². The van der Waals surface area contributed by atoms with Crippen molar-refractivity contribution in [3.63, 3.8) is 0 Å². The minimum Gasteiger partial charge on any atom is -0.461 e. The number of rotatable bonds is 11. The van der Waals surface area contributed by atoms with Crippen LogP contribution in [0.5, 0.6) is 6.01 Å². The SMILES string of the molecule is [2H]C([2H])(Oc1nc(N2CCCC[C@@H]3[C@H](F)[C@@H]32)c2cnc(-c3cc(N=C(c4ccccc4)c4ccccc4)cc4cc(F)c(F)c(C#C[Si](C(C)C)(C(C)C)C(C)C)c34)c(F)c2n1)[C@@]12CCCN1C[C@H](F)C2. The van der Waals surface area contributed by atoms with E-state index in [-0.39, 0.29) is 79.8 Å². The van der Waals surface area contributed by atoms with Gasteiger partial charge in [0.2, 0.25) is 0 Å². The summed E-state index contributed by atoms with van der Waals surface area (Å²) in [6.45, 7) is 11.2. The highest BCUT2D eigenvalue weighted by Crippen LogP contribution is 2.49. The number of halogens is 5. The molecule has 0 unspecified atom stereocenters. The molecule has 3 saturated heterocycles. The predicted octanol–water partition coefficient (Wildman–Crippen LogP) is 13.3. The molecule has 0 amide bonds. The van der Waals surface area contributed by atoms with Gasteiger partial charge in [-0.15, -0.1) is 5.54 Å². The molecule has 0 spiro atoms. The van der Waals surface area contributed by atoms with E-state index in [1.165, 1.54) is 6.20 Å². The van der Waals surface area contributed by atoms with E-state index in [0.29, 0.717) is 50.2 Å². The van der Waals surface area contributed by atoms with Gasteiger partial charge in [-0.3, -0.25) is 9.88 Å². The summed E-state index contributed by atoms with van der Waals surface area (Å²) in [6, 6.07) is 22.3. The monoisotopic (exact) mass is 956 g/mol. The number of alkyl halides is 2. The molecule has 0 bridgehead atoms. The lowest BCUT2D eigenvalue weighted by atomic mass is 9.94. The van der Waals surface area contributed by atoms with Crippen LogP contribution in [0.4, 0.5) is 33.5 Å². The second-order valence-corrected chi connectivity index (χ2v) is 25.9. The Balaban J connectivity index is 1.24. The zero-order valence-electron chi connectivity index (χ0n) is 42.0. The van der Waals surface area contributed by atoms with Crippen molar-refractivity contribution in [3.8, 4) is 28.7 Å². The highest BCUT2D eigenvalue weighted by atomic mass is 28.3. The number of aromatic nitrogens is 3. The number of nitrogens with zero attached hydrogens (tertiary/aromatic N) is 6. The van der Waals surface area contributed by atoms with E-state index in [1.54, 1.807) is 21.9 Å². The number of fused-ring (bicyclic) bond motifs is 4. The summed E-state index contributed by atoms with van der Waals surface area (Å²) in [6.07, 6.45) is 2.04. The maximum atomic E-state index is 18.3. The molecule has 4 aromatic carbocycles. The lowest BCUT2D eigenvalue weighted by Gasteiger charge is -2.38. The third-order valence-corrected chi connectivity index (χ3v) is 21.7. The third kappa shape index (κ3) is 8.39. The van der Waals surface area contributed by atoms with Gasteiger partial charge in [-0.25, -0.2) is 26.9 Å². The largest absolute Gasteiger partial charge is 0.461 e. The van der Waals surface area contributed by atoms with E-state index in [0.717, 1.165) is 23.6 Å². The maximum absolute atomic E-state index is 18.3. The molecule has 4 aliphatic rings. The van der Waals surface area contributed by atoms with Gasteiger partial charge in [0.15, 0.2) is 17.5 Å². The summed E-state index contributed by atoms with van der Waals surface area (Å²) in [7, 11) is -2.55. The molecular weight excluding hydrogens is 896 g/mol. The van der Waals surface area contributed by atoms with Gasteiger partial charge in [0, 0.05) is 53.7 Å². The first-order valence-electron chi connectivity index (χ1n) is 25.5. The van der Waals surface area contributed by atoms with E-state index in [9.17, 15) is 2.74 Å². The van der Waals surface area contributed by atoms with Crippen molar-refractivity contribution in [1.82, 2.24) is 19.9 Å². The molecule has 2 aromatic heterocycles. The van der Waals surface area contributed by atoms with E-state index in [2.05, 4.69) is 58.0 Å². The van der Waals surface area contributed by atoms with E-state index in [4.69, 9.17) is 19.7 Å².